The first-order valence-electron chi connectivity index (χ1n) is 8.30. The van der Waals surface area contributed by atoms with E-state index in [2.05, 4.69) is 12.2 Å². The van der Waals surface area contributed by atoms with Crippen molar-refractivity contribution in [2.75, 3.05) is 6.54 Å². The predicted molar refractivity (Wildman–Crippen MR) is 81.2 cm³/mol. The van der Waals surface area contributed by atoms with Gasteiger partial charge in [0.25, 0.3) is 0 Å². The van der Waals surface area contributed by atoms with Crippen LogP contribution in [0.3, 0.4) is 0 Å². The molecule has 2 N–H and O–H groups in total. The smallest absolute Gasteiger partial charge is 0.329 e. The molecule has 5 nitrogen and oxygen atoms in total. The molecular weight excluding hydrogens is 268 g/mol. The third-order valence-electron chi connectivity index (χ3n) is 5.34. The molecule has 0 aromatic carbocycles. The van der Waals surface area contributed by atoms with Gasteiger partial charge in [-0.1, -0.05) is 26.2 Å². The van der Waals surface area contributed by atoms with Crippen LogP contribution in [0.1, 0.15) is 65.2 Å². The van der Waals surface area contributed by atoms with Crippen molar-refractivity contribution in [3.8, 4) is 0 Å². The third kappa shape index (κ3) is 3.33. The SMILES string of the molecule is CCC1CCCCC1NC(=O)N1CCCCC1(C)C(=O)O. The molecule has 0 radical (unpaired) electrons. The van der Waals surface area contributed by atoms with Gasteiger partial charge in [0.1, 0.15) is 5.54 Å². The zero-order chi connectivity index (χ0) is 15.5. The molecule has 2 amide bonds. The molecule has 3 unspecified atom stereocenters. The Morgan fingerprint density at radius 3 is 2.62 bits per heavy atom. The summed E-state index contributed by atoms with van der Waals surface area (Å²) in [6, 6.07) is 0.0150. The molecular formula is C16H28N2O3. The second kappa shape index (κ2) is 6.67. The third-order valence-corrected chi connectivity index (χ3v) is 5.34. The Morgan fingerprint density at radius 1 is 1.24 bits per heavy atom. The predicted octanol–water partition coefficient (Wildman–Crippen LogP) is 2.99. The van der Waals surface area contributed by atoms with E-state index in [-0.39, 0.29) is 12.1 Å². The summed E-state index contributed by atoms with van der Waals surface area (Å²) < 4.78 is 0. The number of hydrogen-bond donors (Lipinski definition) is 2. The molecule has 1 saturated carbocycles. The van der Waals surface area contributed by atoms with E-state index in [1.54, 1.807) is 11.8 Å². The standard InChI is InChI=1S/C16H28N2O3/c1-3-12-8-4-5-9-13(12)17-15(21)18-11-7-6-10-16(18,2)14(19)20/h12-13H,3-11H2,1-2H3,(H,17,21)(H,19,20). The highest BCUT2D eigenvalue weighted by Crippen LogP contribution is 2.30. The topological polar surface area (TPSA) is 69.6 Å². The Balaban J connectivity index is 2.05. The van der Waals surface area contributed by atoms with Crippen LogP contribution in [-0.2, 0) is 4.79 Å². The van der Waals surface area contributed by atoms with Crippen LogP contribution in [0.2, 0.25) is 0 Å². The number of nitrogens with one attached hydrogen (secondary N) is 1. The van der Waals surface area contributed by atoms with Crippen molar-refractivity contribution >= 4 is 12.0 Å². The summed E-state index contributed by atoms with van der Waals surface area (Å²) in [5.74, 6) is -0.364. The summed E-state index contributed by atoms with van der Waals surface area (Å²) in [5.41, 5.74) is -1.06. The van der Waals surface area contributed by atoms with Crippen LogP contribution < -0.4 is 5.32 Å². The van der Waals surface area contributed by atoms with E-state index in [0.717, 1.165) is 38.5 Å². The summed E-state index contributed by atoms with van der Waals surface area (Å²) in [6.45, 7) is 4.38. The number of carbonyl (C=O) groups is 2. The minimum atomic E-state index is -1.06. The second-order valence-electron chi connectivity index (χ2n) is 6.70. The van der Waals surface area contributed by atoms with Crippen LogP contribution >= 0.6 is 0 Å². The van der Waals surface area contributed by atoms with Gasteiger partial charge in [-0.3, -0.25) is 0 Å². The highest BCUT2D eigenvalue weighted by molar-refractivity contribution is 5.86. The van der Waals surface area contributed by atoms with Gasteiger partial charge in [-0.2, -0.15) is 0 Å². The monoisotopic (exact) mass is 296 g/mol. The molecule has 0 aromatic rings. The molecule has 1 heterocycles. The maximum absolute atomic E-state index is 12.6. The maximum Gasteiger partial charge on any atom is 0.329 e. The number of urea groups is 1. The Hall–Kier alpha value is -1.26. The number of carbonyl (C=O) groups excluding carboxylic acids is 1. The minimum Gasteiger partial charge on any atom is -0.480 e. The van der Waals surface area contributed by atoms with Crippen molar-refractivity contribution in [2.45, 2.75) is 76.8 Å². The lowest BCUT2D eigenvalue weighted by molar-refractivity contribution is -0.150. The van der Waals surface area contributed by atoms with E-state index >= 15 is 0 Å². The van der Waals surface area contributed by atoms with Gasteiger partial charge in [-0.05, 0) is 44.9 Å². The van der Waals surface area contributed by atoms with E-state index in [9.17, 15) is 14.7 Å². The first-order valence-corrected chi connectivity index (χ1v) is 8.30. The van der Waals surface area contributed by atoms with Crippen LogP contribution in [0, 0.1) is 5.92 Å². The number of carboxylic acid groups (broad SMARTS) is 1. The molecule has 3 atom stereocenters. The number of nitrogens with zero attached hydrogens (tertiary/aromatic N) is 1. The number of aliphatic carboxylic acids is 1. The van der Waals surface area contributed by atoms with Crippen molar-refractivity contribution < 1.29 is 14.7 Å². The van der Waals surface area contributed by atoms with Gasteiger partial charge in [-0.15, -0.1) is 0 Å². The van der Waals surface area contributed by atoms with Crippen LogP contribution in [-0.4, -0.2) is 40.1 Å². The van der Waals surface area contributed by atoms with Gasteiger partial charge < -0.3 is 15.3 Å². The van der Waals surface area contributed by atoms with E-state index in [1.807, 2.05) is 0 Å². The average Bonchev–Trinajstić information content (AvgIpc) is 2.48. The van der Waals surface area contributed by atoms with Gasteiger partial charge in [0, 0.05) is 12.6 Å². The summed E-state index contributed by atoms with van der Waals surface area (Å²) >= 11 is 0. The summed E-state index contributed by atoms with van der Waals surface area (Å²) in [7, 11) is 0. The summed E-state index contributed by atoms with van der Waals surface area (Å²) in [5, 5.41) is 12.6. The first-order chi connectivity index (χ1) is 9.99. The molecule has 5 heteroatoms. The fourth-order valence-electron chi connectivity index (χ4n) is 3.79. The van der Waals surface area contributed by atoms with Crippen LogP contribution in [0.15, 0.2) is 0 Å². The molecule has 21 heavy (non-hydrogen) atoms. The molecule has 120 valence electrons. The molecule has 0 bridgehead atoms. The molecule has 2 fully saturated rings. The van der Waals surface area contributed by atoms with Crippen LogP contribution in [0.4, 0.5) is 4.79 Å². The van der Waals surface area contributed by atoms with E-state index < -0.39 is 11.5 Å². The van der Waals surface area contributed by atoms with E-state index in [1.165, 1.54) is 6.42 Å². The van der Waals surface area contributed by atoms with Gasteiger partial charge >= 0.3 is 12.0 Å². The molecule has 2 rings (SSSR count). The number of amides is 2. The van der Waals surface area contributed by atoms with Gasteiger partial charge in [0.05, 0.1) is 0 Å². The Labute approximate surface area is 127 Å². The fraction of sp³-hybridized carbons (Fsp3) is 0.875. The Morgan fingerprint density at radius 2 is 1.95 bits per heavy atom. The zero-order valence-corrected chi connectivity index (χ0v) is 13.2. The average molecular weight is 296 g/mol. The fourth-order valence-corrected chi connectivity index (χ4v) is 3.79. The number of carboxylic acids is 1. The zero-order valence-electron chi connectivity index (χ0n) is 13.2. The lowest BCUT2D eigenvalue weighted by atomic mass is 9.83. The lowest BCUT2D eigenvalue weighted by Gasteiger charge is -2.43. The summed E-state index contributed by atoms with van der Waals surface area (Å²) in [4.78, 5) is 25.7. The van der Waals surface area contributed by atoms with Crippen LogP contribution in [0.25, 0.3) is 0 Å². The van der Waals surface area contributed by atoms with Gasteiger partial charge in [0.2, 0.25) is 0 Å². The van der Waals surface area contributed by atoms with Crippen molar-refractivity contribution in [1.82, 2.24) is 10.2 Å². The minimum absolute atomic E-state index is 0.190. The molecule has 1 aliphatic heterocycles. The number of piperidine rings is 1. The van der Waals surface area contributed by atoms with Crippen molar-refractivity contribution in [2.24, 2.45) is 5.92 Å². The highest BCUT2D eigenvalue weighted by Gasteiger charge is 2.44. The molecule has 1 aliphatic carbocycles. The Bertz CT molecular complexity index is 399. The first kappa shape index (κ1) is 16.1. The maximum atomic E-state index is 12.6. The normalized spacial score (nSPS) is 33.5. The molecule has 2 aliphatic rings. The number of likely N-dealkylation sites (tertiary alicyclic amines) is 1. The lowest BCUT2D eigenvalue weighted by Crippen LogP contribution is -2.61. The second-order valence-corrected chi connectivity index (χ2v) is 6.70. The van der Waals surface area contributed by atoms with Gasteiger partial charge in [-0.25, -0.2) is 9.59 Å². The molecule has 1 saturated heterocycles. The van der Waals surface area contributed by atoms with Crippen molar-refractivity contribution in [3.63, 3.8) is 0 Å². The number of hydrogen-bond acceptors (Lipinski definition) is 2. The molecule has 0 aromatic heterocycles. The van der Waals surface area contributed by atoms with E-state index in [0.29, 0.717) is 18.9 Å². The van der Waals surface area contributed by atoms with Gasteiger partial charge in [0.15, 0.2) is 0 Å². The van der Waals surface area contributed by atoms with Crippen molar-refractivity contribution in [3.05, 3.63) is 0 Å². The Kier molecular flexibility index (Phi) is 5.12. The molecule has 0 spiro atoms. The largest absolute Gasteiger partial charge is 0.480 e. The highest BCUT2D eigenvalue weighted by atomic mass is 16.4. The van der Waals surface area contributed by atoms with Crippen LogP contribution in [0.5, 0.6) is 0 Å². The van der Waals surface area contributed by atoms with E-state index in [4.69, 9.17) is 0 Å². The number of rotatable bonds is 3. The summed E-state index contributed by atoms with van der Waals surface area (Å²) in [6.07, 6.45) is 7.93. The van der Waals surface area contributed by atoms with Crippen molar-refractivity contribution in [1.29, 1.82) is 0 Å². The quantitative estimate of drug-likeness (QED) is 0.841.